The molecule has 204 valence electrons. The molecule has 0 spiro atoms. The third kappa shape index (κ3) is 4.87. The van der Waals surface area contributed by atoms with Crippen molar-refractivity contribution in [1.29, 1.82) is 0 Å². The van der Waals surface area contributed by atoms with E-state index in [1.165, 1.54) is 7.05 Å². The Hall–Kier alpha value is -4.19. The normalized spacial score (nSPS) is 14.6. The number of rotatable bonds is 6. The molecule has 1 aromatic carbocycles. The van der Waals surface area contributed by atoms with Gasteiger partial charge in [-0.05, 0) is 56.1 Å². The van der Waals surface area contributed by atoms with Gasteiger partial charge in [0.2, 0.25) is 0 Å². The van der Waals surface area contributed by atoms with Crippen LogP contribution in [0.25, 0.3) is 16.7 Å². The summed E-state index contributed by atoms with van der Waals surface area (Å²) in [5.74, 6) is -3.38. The molecule has 0 radical (unpaired) electrons. The van der Waals surface area contributed by atoms with Crippen LogP contribution in [0.15, 0.2) is 41.5 Å². The molecule has 0 atom stereocenters. The van der Waals surface area contributed by atoms with Crippen LogP contribution in [0.4, 0.5) is 19.0 Å². The fourth-order valence-electron chi connectivity index (χ4n) is 5.22. The SMILES string of the molecule is CNc1nc(=O)n(-c2ccnc3c2cc(CN2CCC(c4c(F)cc(C(=O)OC)cc4F)CC2)n3C)cc1F. The quantitative estimate of drug-likeness (QED) is 0.373. The number of nitrogens with one attached hydrogen (secondary N) is 1. The Morgan fingerprint density at radius 1 is 1.13 bits per heavy atom. The number of pyridine rings is 1. The maximum atomic E-state index is 14.8. The first kappa shape index (κ1) is 26.4. The molecule has 1 aliphatic heterocycles. The van der Waals surface area contributed by atoms with Gasteiger partial charge in [-0.25, -0.2) is 27.7 Å². The highest BCUT2D eigenvalue weighted by molar-refractivity contribution is 5.89. The van der Waals surface area contributed by atoms with Crippen molar-refractivity contribution in [3.8, 4) is 5.69 Å². The molecular weight excluding hydrogens is 513 g/mol. The summed E-state index contributed by atoms with van der Waals surface area (Å²) in [6.45, 7) is 1.75. The number of piperidine rings is 1. The second-order valence-electron chi connectivity index (χ2n) is 9.50. The van der Waals surface area contributed by atoms with Crippen LogP contribution in [0.1, 0.15) is 40.4 Å². The van der Waals surface area contributed by atoms with Crippen molar-refractivity contribution in [3.05, 3.63) is 81.4 Å². The van der Waals surface area contributed by atoms with E-state index in [1.807, 2.05) is 17.7 Å². The lowest BCUT2D eigenvalue weighted by molar-refractivity contribution is 0.0599. The van der Waals surface area contributed by atoms with E-state index in [0.29, 0.717) is 49.2 Å². The van der Waals surface area contributed by atoms with E-state index >= 15 is 0 Å². The first-order chi connectivity index (χ1) is 18.7. The van der Waals surface area contributed by atoms with E-state index in [1.54, 1.807) is 12.3 Å². The molecule has 0 bridgehead atoms. The number of esters is 1. The number of hydrogen-bond donors (Lipinski definition) is 1. The molecule has 12 heteroatoms. The Morgan fingerprint density at radius 3 is 2.46 bits per heavy atom. The molecule has 1 aliphatic rings. The number of fused-ring (bicyclic) bond motifs is 1. The molecule has 39 heavy (non-hydrogen) atoms. The number of carbonyl (C=O) groups excluding carboxylic acids is 1. The highest BCUT2D eigenvalue weighted by atomic mass is 19.1. The maximum Gasteiger partial charge on any atom is 0.354 e. The van der Waals surface area contributed by atoms with Gasteiger partial charge in [0.1, 0.15) is 17.3 Å². The molecule has 1 N–H and O–H groups in total. The van der Waals surface area contributed by atoms with E-state index in [0.717, 1.165) is 35.7 Å². The highest BCUT2D eigenvalue weighted by Crippen LogP contribution is 2.33. The van der Waals surface area contributed by atoms with Gasteiger partial charge in [-0.15, -0.1) is 0 Å². The van der Waals surface area contributed by atoms with Gasteiger partial charge in [0, 0.05) is 43.5 Å². The van der Waals surface area contributed by atoms with Crippen LogP contribution in [0.3, 0.4) is 0 Å². The Morgan fingerprint density at radius 2 is 1.82 bits per heavy atom. The fraction of sp³-hybridized carbons (Fsp3) is 0.333. The van der Waals surface area contributed by atoms with E-state index in [4.69, 9.17) is 0 Å². The largest absolute Gasteiger partial charge is 0.465 e. The lowest BCUT2D eigenvalue weighted by Crippen LogP contribution is -2.33. The Balaban J connectivity index is 1.36. The molecule has 0 unspecified atom stereocenters. The number of methoxy groups -OCH3 is 1. The van der Waals surface area contributed by atoms with Crippen molar-refractivity contribution < 1.29 is 22.7 Å². The summed E-state index contributed by atoms with van der Waals surface area (Å²) in [4.78, 5) is 34.7. The average molecular weight is 541 g/mol. The van der Waals surface area contributed by atoms with E-state index < -0.39 is 29.1 Å². The van der Waals surface area contributed by atoms with Crippen molar-refractivity contribution >= 4 is 22.8 Å². The number of likely N-dealkylation sites (tertiary alicyclic amines) is 1. The van der Waals surface area contributed by atoms with Crippen LogP contribution in [0.5, 0.6) is 0 Å². The smallest absolute Gasteiger partial charge is 0.354 e. The number of hydrogen-bond acceptors (Lipinski definition) is 7. The molecule has 4 aromatic rings. The Kier molecular flexibility index (Phi) is 7.13. The average Bonchev–Trinajstić information content (AvgIpc) is 3.24. The Bertz CT molecular complexity index is 1600. The zero-order valence-electron chi connectivity index (χ0n) is 21.7. The summed E-state index contributed by atoms with van der Waals surface area (Å²) < 4.78 is 51.5. The topological polar surface area (TPSA) is 94.3 Å². The van der Waals surface area contributed by atoms with E-state index in [9.17, 15) is 22.8 Å². The number of anilines is 1. The second kappa shape index (κ2) is 10.5. The van der Waals surface area contributed by atoms with Gasteiger partial charge in [-0.2, -0.15) is 4.98 Å². The molecule has 5 rings (SSSR count). The number of aryl methyl sites for hydroxylation is 1. The first-order valence-corrected chi connectivity index (χ1v) is 12.4. The standard InChI is InChI=1S/C27H27F3N6O3/c1-31-24-21(30)14-36(27(38)33-24)22-4-7-32-25-18(22)12-17(34(25)2)13-35-8-5-15(6-9-35)23-19(28)10-16(11-20(23)29)26(37)39-3/h4,7,10-12,14-15H,5-6,8-9,13H2,1-3H3,(H,31,33,38). The van der Waals surface area contributed by atoms with Crippen LogP contribution < -0.4 is 11.0 Å². The molecule has 4 heterocycles. The number of aromatic nitrogens is 4. The molecule has 0 saturated carbocycles. The molecule has 0 amide bonds. The van der Waals surface area contributed by atoms with Gasteiger partial charge < -0.3 is 14.6 Å². The fourth-order valence-corrected chi connectivity index (χ4v) is 5.22. The van der Waals surface area contributed by atoms with Gasteiger partial charge in [-0.3, -0.25) is 9.47 Å². The zero-order valence-corrected chi connectivity index (χ0v) is 21.7. The maximum absolute atomic E-state index is 14.8. The third-order valence-electron chi connectivity index (χ3n) is 7.27. The van der Waals surface area contributed by atoms with Crippen LogP contribution in [0, 0.1) is 17.5 Å². The van der Waals surface area contributed by atoms with Crippen LogP contribution >= 0.6 is 0 Å². The van der Waals surface area contributed by atoms with E-state index in [2.05, 4.69) is 24.9 Å². The van der Waals surface area contributed by atoms with Crippen molar-refractivity contribution in [3.63, 3.8) is 0 Å². The van der Waals surface area contributed by atoms with Crippen molar-refractivity contribution in [2.24, 2.45) is 7.05 Å². The number of halogens is 3. The van der Waals surface area contributed by atoms with Gasteiger partial charge in [0.25, 0.3) is 0 Å². The van der Waals surface area contributed by atoms with Crippen molar-refractivity contribution in [2.75, 3.05) is 32.6 Å². The predicted octanol–water partition coefficient (Wildman–Crippen LogP) is 3.74. The van der Waals surface area contributed by atoms with Crippen LogP contribution in [-0.4, -0.2) is 57.2 Å². The van der Waals surface area contributed by atoms with Gasteiger partial charge >= 0.3 is 11.7 Å². The summed E-state index contributed by atoms with van der Waals surface area (Å²) in [5, 5.41) is 3.22. The van der Waals surface area contributed by atoms with Crippen molar-refractivity contribution in [2.45, 2.75) is 25.3 Å². The number of nitrogens with zero attached hydrogens (tertiary/aromatic N) is 5. The Labute approximate surface area is 221 Å². The lowest BCUT2D eigenvalue weighted by Gasteiger charge is -2.32. The molecular formula is C27H27F3N6O3. The molecule has 1 saturated heterocycles. The minimum absolute atomic E-state index is 0.00340. The summed E-state index contributed by atoms with van der Waals surface area (Å²) in [7, 11) is 4.51. The summed E-state index contributed by atoms with van der Waals surface area (Å²) in [6, 6.07) is 5.59. The lowest BCUT2D eigenvalue weighted by atomic mass is 9.88. The van der Waals surface area contributed by atoms with Crippen molar-refractivity contribution in [1.82, 2.24) is 24.0 Å². The number of ether oxygens (including phenoxy) is 1. The minimum atomic E-state index is -0.789. The van der Waals surface area contributed by atoms with Gasteiger partial charge in [0.05, 0.1) is 24.6 Å². The number of carbonyl (C=O) groups is 1. The summed E-state index contributed by atoms with van der Waals surface area (Å²) >= 11 is 0. The highest BCUT2D eigenvalue weighted by Gasteiger charge is 2.28. The predicted molar refractivity (Wildman–Crippen MR) is 139 cm³/mol. The first-order valence-electron chi connectivity index (χ1n) is 12.4. The molecule has 1 fully saturated rings. The second-order valence-corrected chi connectivity index (χ2v) is 9.50. The zero-order chi connectivity index (χ0) is 27.8. The minimum Gasteiger partial charge on any atom is -0.465 e. The molecule has 0 aliphatic carbocycles. The van der Waals surface area contributed by atoms with Gasteiger partial charge in [0.15, 0.2) is 11.6 Å². The third-order valence-corrected chi connectivity index (χ3v) is 7.27. The van der Waals surface area contributed by atoms with Crippen LogP contribution in [0.2, 0.25) is 0 Å². The molecule has 3 aromatic heterocycles. The monoisotopic (exact) mass is 540 g/mol. The molecule has 9 nitrogen and oxygen atoms in total. The summed E-state index contributed by atoms with van der Waals surface area (Å²) in [5.41, 5.74) is 1.21. The van der Waals surface area contributed by atoms with E-state index in [-0.39, 0.29) is 22.9 Å². The van der Waals surface area contributed by atoms with Crippen LogP contribution in [-0.2, 0) is 18.3 Å². The number of benzene rings is 1. The summed E-state index contributed by atoms with van der Waals surface area (Å²) in [6.07, 6.45) is 3.73. The van der Waals surface area contributed by atoms with Gasteiger partial charge in [-0.1, -0.05) is 0 Å².